The predicted octanol–water partition coefficient (Wildman–Crippen LogP) is 0.828. The fourth-order valence-corrected chi connectivity index (χ4v) is 1.42. The molecule has 0 bridgehead atoms. The number of carbonyl (C=O) groups is 1. The first-order valence-corrected chi connectivity index (χ1v) is 4.69. The van der Waals surface area contributed by atoms with Crippen LogP contribution in [0.5, 0.6) is 0 Å². The van der Waals surface area contributed by atoms with E-state index in [2.05, 4.69) is 5.32 Å². The molecule has 14 heavy (non-hydrogen) atoms. The number of nitrogens with zero attached hydrogens (tertiary/aromatic N) is 1. The van der Waals surface area contributed by atoms with Gasteiger partial charge in [-0.3, -0.25) is 4.79 Å². The molecule has 1 atom stereocenters. The highest BCUT2D eigenvalue weighted by Gasteiger charge is 2.17. The Bertz CT molecular complexity index is 329. The van der Waals surface area contributed by atoms with Gasteiger partial charge in [-0.15, -0.1) is 0 Å². The molecule has 4 nitrogen and oxygen atoms in total. The summed E-state index contributed by atoms with van der Waals surface area (Å²) in [4.78, 5) is 11.6. The number of aliphatic hydroxyl groups excluding tert-OH is 1. The molecule has 78 valence electrons. The average molecular weight is 196 g/mol. The number of rotatable bonds is 3. The molecule has 2 N–H and O–H groups in total. The number of aliphatic hydroxyl groups is 1. The van der Waals surface area contributed by atoms with E-state index >= 15 is 0 Å². The van der Waals surface area contributed by atoms with E-state index in [1.807, 2.05) is 6.92 Å². The second-order valence-electron chi connectivity index (χ2n) is 3.27. The number of hydrogen-bond donors (Lipinski definition) is 2. The van der Waals surface area contributed by atoms with Crippen molar-refractivity contribution in [1.82, 2.24) is 9.88 Å². The van der Waals surface area contributed by atoms with Gasteiger partial charge in [-0.05, 0) is 19.9 Å². The molecule has 1 aromatic heterocycles. The average Bonchev–Trinajstić information content (AvgIpc) is 2.47. The monoisotopic (exact) mass is 196 g/mol. The van der Waals surface area contributed by atoms with Crippen molar-refractivity contribution in [1.29, 1.82) is 0 Å². The molecule has 1 rings (SSSR count). The maximum atomic E-state index is 11.6. The van der Waals surface area contributed by atoms with Gasteiger partial charge in [-0.1, -0.05) is 0 Å². The Morgan fingerprint density at radius 1 is 1.71 bits per heavy atom. The summed E-state index contributed by atoms with van der Waals surface area (Å²) in [6.45, 7) is 4.10. The van der Waals surface area contributed by atoms with Gasteiger partial charge in [0.1, 0.15) is 5.69 Å². The van der Waals surface area contributed by atoms with E-state index in [9.17, 15) is 9.90 Å². The summed E-state index contributed by atoms with van der Waals surface area (Å²) >= 11 is 0. The van der Waals surface area contributed by atoms with Crippen LogP contribution in [-0.2, 0) is 7.05 Å². The molecule has 0 radical (unpaired) electrons. The molecule has 4 heteroatoms. The number of aryl methyl sites for hydroxylation is 1. The number of amides is 1. The Hall–Kier alpha value is -1.29. The van der Waals surface area contributed by atoms with Crippen molar-refractivity contribution >= 4 is 5.91 Å². The van der Waals surface area contributed by atoms with Crippen LogP contribution in [0.25, 0.3) is 0 Å². The number of nitrogens with one attached hydrogen (secondary N) is 1. The largest absolute Gasteiger partial charge is 0.389 e. The molecule has 1 heterocycles. The van der Waals surface area contributed by atoms with Crippen LogP contribution in [0.1, 0.15) is 36.0 Å². The summed E-state index contributed by atoms with van der Waals surface area (Å²) in [6.07, 6.45) is 1.15. The van der Waals surface area contributed by atoms with Gasteiger partial charge >= 0.3 is 0 Å². The Morgan fingerprint density at radius 3 is 2.86 bits per heavy atom. The second-order valence-corrected chi connectivity index (χ2v) is 3.27. The summed E-state index contributed by atoms with van der Waals surface area (Å²) < 4.78 is 1.72. The molecule has 0 spiro atoms. The Morgan fingerprint density at radius 2 is 2.36 bits per heavy atom. The van der Waals surface area contributed by atoms with Gasteiger partial charge in [0.25, 0.3) is 5.91 Å². The highest BCUT2D eigenvalue weighted by Crippen LogP contribution is 2.18. The van der Waals surface area contributed by atoms with Gasteiger partial charge in [0.05, 0.1) is 6.10 Å². The third-order valence-electron chi connectivity index (χ3n) is 2.11. The number of carbonyl (C=O) groups excluding carboxylic acids is 1. The van der Waals surface area contributed by atoms with E-state index in [1.165, 1.54) is 0 Å². The first-order chi connectivity index (χ1) is 6.57. The minimum Gasteiger partial charge on any atom is -0.389 e. The van der Waals surface area contributed by atoms with Gasteiger partial charge < -0.3 is 15.0 Å². The smallest absolute Gasteiger partial charge is 0.268 e. The first kappa shape index (κ1) is 10.8. The summed E-state index contributed by atoms with van der Waals surface area (Å²) in [7, 11) is 1.79. The highest BCUT2D eigenvalue weighted by molar-refractivity contribution is 5.94. The third-order valence-corrected chi connectivity index (χ3v) is 2.11. The summed E-state index contributed by atoms with van der Waals surface area (Å²) in [5.74, 6) is -0.143. The summed E-state index contributed by atoms with van der Waals surface area (Å²) in [5, 5.41) is 12.2. The van der Waals surface area contributed by atoms with E-state index in [4.69, 9.17) is 0 Å². The number of aromatic nitrogens is 1. The molecule has 0 aliphatic heterocycles. The molecular weight excluding hydrogens is 180 g/mol. The molecule has 0 aliphatic carbocycles. The van der Waals surface area contributed by atoms with Gasteiger partial charge in [-0.2, -0.15) is 0 Å². The maximum Gasteiger partial charge on any atom is 0.268 e. The lowest BCUT2D eigenvalue weighted by molar-refractivity contribution is 0.0941. The van der Waals surface area contributed by atoms with Crippen molar-refractivity contribution in [3.63, 3.8) is 0 Å². The zero-order chi connectivity index (χ0) is 10.7. The van der Waals surface area contributed by atoms with Gasteiger partial charge in [0.2, 0.25) is 0 Å². The molecule has 1 amide bonds. The lowest BCUT2D eigenvalue weighted by Gasteiger charge is -2.08. The van der Waals surface area contributed by atoms with Crippen molar-refractivity contribution in [3.05, 3.63) is 23.5 Å². The third kappa shape index (κ3) is 1.96. The normalized spacial score (nSPS) is 12.6. The lowest BCUT2D eigenvalue weighted by atomic mass is 10.1. The van der Waals surface area contributed by atoms with E-state index in [0.29, 0.717) is 17.8 Å². The minimum absolute atomic E-state index is 0.143. The second kappa shape index (κ2) is 4.28. The van der Waals surface area contributed by atoms with E-state index in [0.717, 1.165) is 0 Å². The standard InChI is InChI=1S/C10H16N2O2/c1-4-11-10(14)9-8(7(2)13)5-6-12(9)3/h5-7,13H,4H2,1-3H3,(H,11,14). The van der Waals surface area contributed by atoms with Crippen molar-refractivity contribution in [3.8, 4) is 0 Å². The van der Waals surface area contributed by atoms with Crippen LogP contribution in [-0.4, -0.2) is 22.1 Å². The van der Waals surface area contributed by atoms with Crippen LogP contribution in [0, 0.1) is 0 Å². The first-order valence-electron chi connectivity index (χ1n) is 4.69. The van der Waals surface area contributed by atoms with Crippen LogP contribution < -0.4 is 5.32 Å². The molecule has 1 aromatic rings. The van der Waals surface area contributed by atoms with Crippen molar-refractivity contribution in [2.75, 3.05) is 6.54 Å². The van der Waals surface area contributed by atoms with Gasteiger partial charge in [0.15, 0.2) is 0 Å². The van der Waals surface area contributed by atoms with Crippen LogP contribution >= 0.6 is 0 Å². The van der Waals surface area contributed by atoms with E-state index in [1.54, 1.807) is 30.8 Å². The van der Waals surface area contributed by atoms with E-state index < -0.39 is 6.10 Å². The minimum atomic E-state index is -0.617. The number of hydrogen-bond acceptors (Lipinski definition) is 2. The zero-order valence-electron chi connectivity index (χ0n) is 8.74. The maximum absolute atomic E-state index is 11.6. The topological polar surface area (TPSA) is 54.3 Å². The summed E-state index contributed by atoms with van der Waals surface area (Å²) in [6, 6.07) is 1.76. The molecule has 1 unspecified atom stereocenters. The van der Waals surface area contributed by atoms with Crippen molar-refractivity contribution < 1.29 is 9.90 Å². The van der Waals surface area contributed by atoms with Gasteiger partial charge in [0, 0.05) is 25.4 Å². The van der Waals surface area contributed by atoms with E-state index in [-0.39, 0.29) is 5.91 Å². The Kier molecular flexibility index (Phi) is 3.30. The van der Waals surface area contributed by atoms with Crippen molar-refractivity contribution in [2.24, 2.45) is 7.05 Å². The molecule has 0 fully saturated rings. The van der Waals surface area contributed by atoms with Crippen LogP contribution in [0.3, 0.4) is 0 Å². The van der Waals surface area contributed by atoms with Gasteiger partial charge in [-0.25, -0.2) is 0 Å². The molecule has 0 saturated heterocycles. The quantitative estimate of drug-likeness (QED) is 0.752. The van der Waals surface area contributed by atoms with Crippen LogP contribution in [0.2, 0.25) is 0 Å². The molecule has 0 saturated carbocycles. The SMILES string of the molecule is CCNC(=O)c1c(C(C)O)ccn1C. The van der Waals surface area contributed by atoms with Crippen LogP contribution in [0.15, 0.2) is 12.3 Å². The highest BCUT2D eigenvalue weighted by atomic mass is 16.3. The fraction of sp³-hybridized carbons (Fsp3) is 0.500. The van der Waals surface area contributed by atoms with Crippen LogP contribution in [0.4, 0.5) is 0 Å². The Labute approximate surface area is 83.5 Å². The molecule has 0 aliphatic rings. The Balaban J connectivity index is 3.04. The summed E-state index contributed by atoms with van der Waals surface area (Å²) in [5.41, 5.74) is 1.19. The molecular formula is C10H16N2O2. The predicted molar refractivity (Wildman–Crippen MR) is 54.1 cm³/mol. The van der Waals surface area contributed by atoms with Crippen molar-refractivity contribution in [2.45, 2.75) is 20.0 Å². The lowest BCUT2D eigenvalue weighted by Crippen LogP contribution is -2.26. The molecule has 0 aromatic carbocycles. The zero-order valence-corrected chi connectivity index (χ0v) is 8.74. The fourth-order valence-electron chi connectivity index (χ4n) is 1.42.